The van der Waals surface area contributed by atoms with Gasteiger partial charge in [0.2, 0.25) is 5.91 Å². The minimum Gasteiger partial charge on any atom is -0.486 e. The number of benzene rings is 1. The molecule has 6 nitrogen and oxygen atoms in total. The van der Waals surface area contributed by atoms with Gasteiger partial charge in [0.15, 0.2) is 0 Å². The van der Waals surface area contributed by atoms with Gasteiger partial charge < -0.3 is 15.2 Å². The predicted octanol–water partition coefficient (Wildman–Crippen LogP) is 3.75. The molecule has 1 aliphatic rings. The lowest BCUT2D eigenvalue weighted by atomic mass is 10.0. The second-order valence-electron chi connectivity index (χ2n) is 6.29. The average Bonchev–Trinajstić information content (AvgIpc) is 3.12. The molecule has 1 amide bonds. The highest BCUT2D eigenvalue weighted by Gasteiger charge is 2.33. The zero-order valence-electron chi connectivity index (χ0n) is 14.0. The molecule has 0 radical (unpaired) electrons. The lowest BCUT2D eigenvalue weighted by Gasteiger charge is -2.13. The molecule has 26 heavy (non-hydrogen) atoms. The fraction of sp³-hybridized carbons (Fsp3) is 0.316. The van der Waals surface area contributed by atoms with Crippen molar-refractivity contribution in [3.63, 3.8) is 0 Å². The summed E-state index contributed by atoms with van der Waals surface area (Å²) in [6.45, 7) is 0.297. The molecule has 0 spiro atoms. The van der Waals surface area contributed by atoms with Gasteiger partial charge in [0.05, 0.1) is 16.6 Å². The Balaban J connectivity index is 1.57. The van der Waals surface area contributed by atoms with Crippen LogP contribution >= 0.6 is 11.6 Å². The highest BCUT2D eigenvalue weighted by molar-refractivity contribution is 6.32. The number of aromatic nitrogens is 1. The molecule has 1 heterocycles. The molecule has 1 aliphatic carbocycles. The summed E-state index contributed by atoms with van der Waals surface area (Å²) in [5.74, 6) is -1.22. The van der Waals surface area contributed by atoms with Crippen molar-refractivity contribution in [2.75, 3.05) is 5.32 Å². The third-order valence-corrected chi connectivity index (χ3v) is 4.75. The van der Waals surface area contributed by atoms with Gasteiger partial charge in [-0.1, -0.05) is 17.7 Å². The molecule has 1 fully saturated rings. The van der Waals surface area contributed by atoms with E-state index in [0.717, 1.165) is 5.69 Å². The SMILES string of the molecule is O=C(O)[C@@H]1CC[C@H](C(=O)Nc2ccc(OCc3ccccn3)c(Cl)c2)C1. The topological polar surface area (TPSA) is 88.5 Å². The van der Waals surface area contributed by atoms with Crippen molar-refractivity contribution in [2.45, 2.75) is 25.9 Å². The lowest BCUT2D eigenvalue weighted by molar-refractivity contribution is -0.141. The van der Waals surface area contributed by atoms with Crippen molar-refractivity contribution in [3.8, 4) is 5.75 Å². The smallest absolute Gasteiger partial charge is 0.306 e. The van der Waals surface area contributed by atoms with Crippen LogP contribution < -0.4 is 10.1 Å². The quantitative estimate of drug-likeness (QED) is 0.803. The van der Waals surface area contributed by atoms with Crippen LogP contribution in [0.25, 0.3) is 0 Å². The second-order valence-corrected chi connectivity index (χ2v) is 6.70. The maximum absolute atomic E-state index is 12.3. The molecule has 0 aliphatic heterocycles. The standard InChI is InChI=1S/C19H19ClN2O4/c20-16-10-14(22-18(23)12-4-5-13(9-12)19(24)25)6-7-17(16)26-11-15-3-1-2-8-21-15/h1-3,6-8,10,12-13H,4-5,9,11H2,(H,22,23)(H,24,25)/t12-,13+/m0/s1. The first-order chi connectivity index (χ1) is 12.5. The molecule has 1 aromatic carbocycles. The van der Waals surface area contributed by atoms with Gasteiger partial charge >= 0.3 is 5.97 Å². The predicted molar refractivity (Wildman–Crippen MR) is 97.1 cm³/mol. The van der Waals surface area contributed by atoms with E-state index in [1.54, 1.807) is 24.4 Å². The number of amides is 1. The van der Waals surface area contributed by atoms with E-state index in [1.165, 1.54) is 0 Å². The second kappa shape index (κ2) is 8.19. The molecule has 2 aromatic rings. The molecule has 1 saturated carbocycles. The van der Waals surface area contributed by atoms with E-state index < -0.39 is 11.9 Å². The van der Waals surface area contributed by atoms with Crippen LogP contribution in [0.2, 0.25) is 5.02 Å². The minimum atomic E-state index is -0.835. The van der Waals surface area contributed by atoms with E-state index in [0.29, 0.717) is 42.3 Å². The summed E-state index contributed by atoms with van der Waals surface area (Å²) < 4.78 is 5.65. The Kier molecular flexibility index (Phi) is 5.73. The van der Waals surface area contributed by atoms with Crippen LogP contribution in [0.15, 0.2) is 42.6 Å². The van der Waals surface area contributed by atoms with Crippen molar-refractivity contribution >= 4 is 29.2 Å². The summed E-state index contributed by atoms with van der Waals surface area (Å²) >= 11 is 6.23. The number of rotatable bonds is 6. The lowest BCUT2D eigenvalue weighted by Crippen LogP contribution is -2.21. The summed E-state index contributed by atoms with van der Waals surface area (Å²) in [4.78, 5) is 27.5. The molecule has 0 unspecified atom stereocenters. The van der Waals surface area contributed by atoms with Gasteiger partial charge in [0.1, 0.15) is 12.4 Å². The number of anilines is 1. The number of carbonyl (C=O) groups excluding carboxylic acids is 1. The number of ether oxygens (including phenoxy) is 1. The third kappa shape index (κ3) is 4.52. The zero-order chi connectivity index (χ0) is 18.5. The molecule has 136 valence electrons. The molecule has 2 N–H and O–H groups in total. The minimum absolute atomic E-state index is 0.174. The van der Waals surface area contributed by atoms with Crippen molar-refractivity contribution in [3.05, 3.63) is 53.3 Å². The van der Waals surface area contributed by atoms with E-state index in [4.69, 9.17) is 21.4 Å². The van der Waals surface area contributed by atoms with E-state index in [2.05, 4.69) is 10.3 Å². The largest absolute Gasteiger partial charge is 0.486 e. The van der Waals surface area contributed by atoms with Crippen molar-refractivity contribution in [1.82, 2.24) is 4.98 Å². The Morgan fingerprint density at radius 2 is 2.04 bits per heavy atom. The Labute approximate surface area is 156 Å². The Bertz CT molecular complexity index is 797. The third-order valence-electron chi connectivity index (χ3n) is 4.45. The molecule has 0 saturated heterocycles. The van der Waals surface area contributed by atoms with E-state index >= 15 is 0 Å². The summed E-state index contributed by atoms with van der Waals surface area (Å²) in [5.41, 5.74) is 1.35. The molecule has 7 heteroatoms. The molecule has 3 rings (SSSR count). The maximum atomic E-state index is 12.3. The van der Waals surface area contributed by atoms with Gasteiger partial charge in [0, 0.05) is 17.8 Å². The fourth-order valence-corrected chi connectivity index (χ4v) is 3.25. The summed E-state index contributed by atoms with van der Waals surface area (Å²) in [5, 5.41) is 12.2. The van der Waals surface area contributed by atoms with Gasteiger partial charge in [-0.3, -0.25) is 14.6 Å². The van der Waals surface area contributed by atoms with Crippen molar-refractivity contribution in [1.29, 1.82) is 0 Å². The molecule has 2 atom stereocenters. The first kappa shape index (κ1) is 18.2. The fourth-order valence-electron chi connectivity index (χ4n) is 3.02. The van der Waals surface area contributed by atoms with E-state index in [1.807, 2.05) is 18.2 Å². The molecule has 0 bridgehead atoms. The normalized spacial score (nSPS) is 19.1. The number of carbonyl (C=O) groups is 2. The molecular formula is C19H19ClN2O4. The number of halogens is 1. The number of hydrogen-bond acceptors (Lipinski definition) is 4. The van der Waals surface area contributed by atoms with E-state index in [-0.39, 0.29) is 11.8 Å². The Hall–Kier alpha value is -2.60. The van der Waals surface area contributed by atoms with Crippen LogP contribution in [0.3, 0.4) is 0 Å². The number of nitrogens with one attached hydrogen (secondary N) is 1. The van der Waals surface area contributed by atoms with Crippen molar-refractivity contribution < 1.29 is 19.4 Å². The first-order valence-corrected chi connectivity index (χ1v) is 8.76. The van der Waals surface area contributed by atoms with Crippen LogP contribution in [0.5, 0.6) is 5.75 Å². The summed E-state index contributed by atoms with van der Waals surface area (Å²) in [7, 11) is 0. The molecular weight excluding hydrogens is 356 g/mol. The van der Waals surface area contributed by atoms with E-state index in [9.17, 15) is 9.59 Å². The highest BCUT2D eigenvalue weighted by atomic mass is 35.5. The van der Waals surface area contributed by atoms with Gasteiger partial charge in [0.25, 0.3) is 0 Å². The van der Waals surface area contributed by atoms with Crippen LogP contribution in [0.4, 0.5) is 5.69 Å². The average molecular weight is 375 g/mol. The highest BCUT2D eigenvalue weighted by Crippen LogP contribution is 2.33. The van der Waals surface area contributed by atoms with Crippen LogP contribution in [0, 0.1) is 11.8 Å². The van der Waals surface area contributed by atoms with Gasteiger partial charge in [-0.25, -0.2) is 0 Å². The number of carboxylic acids is 1. The maximum Gasteiger partial charge on any atom is 0.306 e. The zero-order valence-corrected chi connectivity index (χ0v) is 14.8. The van der Waals surface area contributed by atoms with Crippen LogP contribution in [-0.2, 0) is 16.2 Å². The molecule has 1 aromatic heterocycles. The summed E-state index contributed by atoms with van der Waals surface area (Å²) in [6, 6.07) is 10.6. The number of aliphatic carboxylic acids is 1. The summed E-state index contributed by atoms with van der Waals surface area (Å²) in [6.07, 6.45) is 3.19. The van der Waals surface area contributed by atoms with Crippen molar-refractivity contribution in [2.24, 2.45) is 11.8 Å². The van der Waals surface area contributed by atoms with Gasteiger partial charge in [-0.2, -0.15) is 0 Å². The first-order valence-electron chi connectivity index (χ1n) is 8.39. The Morgan fingerprint density at radius 3 is 2.69 bits per heavy atom. The number of carboxylic acid groups (broad SMARTS) is 1. The monoisotopic (exact) mass is 374 g/mol. The van der Waals surface area contributed by atoms with Gasteiger partial charge in [-0.05, 0) is 49.6 Å². The van der Waals surface area contributed by atoms with Gasteiger partial charge in [-0.15, -0.1) is 0 Å². The number of hydrogen-bond donors (Lipinski definition) is 2. The number of pyridine rings is 1. The van der Waals surface area contributed by atoms with Crippen LogP contribution in [0.1, 0.15) is 25.0 Å². The van der Waals surface area contributed by atoms with Crippen LogP contribution in [-0.4, -0.2) is 22.0 Å². The Morgan fingerprint density at radius 1 is 1.23 bits per heavy atom. The number of nitrogens with zero attached hydrogens (tertiary/aromatic N) is 1.